The van der Waals surface area contributed by atoms with Gasteiger partial charge in [0.05, 0.1) is 6.61 Å². The van der Waals surface area contributed by atoms with Crippen LogP contribution in [0, 0.1) is 0 Å². The molecule has 0 saturated carbocycles. The highest BCUT2D eigenvalue weighted by Gasteiger charge is 2.17. The number of hydrogen-bond donors (Lipinski definition) is 0. The van der Waals surface area contributed by atoms with Crippen LogP contribution >= 0.6 is 0 Å². The number of esters is 2. The van der Waals surface area contributed by atoms with E-state index in [1.165, 1.54) is 212 Å². The van der Waals surface area contributed by atoms with Gasteiger partial charge in [-0.15, -0.1) is 0 Å². The summed E-state index contributed by atoms with van der Waals surface area (Å²) in [6, 6.07) is 0. The molecule has 0 fully saturated rings. The summed E-state index contributed by atoms with van der Waals surface area (Å²) in [4.78, 5) is 25.5. The molecule has 5 heteroatoms. The van der Waals surface area contributed by atoms with Gasteiger partial charge in [-0.1, -0.05) is 256 Å². The smallest absolute Gasteiger partial charge is 0.306 e. The normalized spacial score (nSPS) is 12.5. The molecule has 5 nitrogen and oxygen atoms in total. The lowest BCUT2D eigenvalue weighted by Gasteiger charge is -2.18. The molecule has 66 heavy (non-hydrogen) atoms. The molecule has 0 radical (unpaired) electrons. The minimum Gasteiger partial charge on any atom is -0.462 e. The Labute approximate surface area is 412 Å². The molecule has 0 aromatic carbocycles. The number of ether oxygens (including phenoxy) is 3. The predicted molar refractivity (Wildman–Crippen MR) is 288 cm³/mol. The van der Waals surface area contributed by atoms with Crippen LogP contribution in [0.1, 0.15) is 303 Å². The van der Waals surface area contributed by atoms with E-state index in [-0.39, 0.29) is 25.2 Å². The largest absolute Gasteiger partial charge is 0.462 e. The maximum absolute atomic E-state index is 12.9. The minimum absolute atomic E-state index is 0.0815. The van der Waals surface area contributed by atoms with Crippen LogP contribution in [0.4, 0.5) is 0 Å². The zero-order chi connectivity index (χ0) is 47.7. The van der Waals surface area contributed by atoms with Gasteiger partial charge in [-0.05, 0) is 83.5 Å². The minimum atomic E-state index is -0.541. The Hall–Kier alpha value is -2.14. The quantitative estimate of drug-likeness (QED) is 0.0345. The van der Waals surface area contributed by atoms with E-state index in [9.17, 15) is 9.59 Å². The van der Waals surface area contributed by atoms with Gasteiger partial charge in [0.2, 0.25) is 0 Å². The van der Waals surface area contributed by atoms with Gasteiger partial charge in [0.15, 0.2) is 6.10 Å². The summed E-state index contributed by atoms with van der Waals surface area (Å²) in [6.07, 6.45) is 71.2. The van der Waals surface area contributed by atoms with Gasteiger partial charge in [0.1, 0.15) is 6.61 Å². The Bertz CT molecular complexity index is 1090. The summed E-state index contributed by atoms with van der Waals surface area (Å²) >= 11 is 0. The molecular weight excluding hydrogens is 813 g/mol. The summed E-state index contributed by atoms with van der Waals surface area (Å²) in [7, 11) is 0. The average Bonchev–Trinajstić information content (AvgIpc) is 3.32. The van der Waals surface area contributed by atoms with Crippen molar-refractivity contribution in [3.63, 3.8) is 0 Å². The van der Waals surface area contributed by atoms with Crippen molar-refractivity contribution in [3.8, 4) is 0 Å². The molecule has 0 unspecified atom stereocenters. The summed E-state index contributed by atoms with van der Waals surface area (Å²) < 4.78 is 17.5. The number of unbranched alkanes of at least 4 members (excludes halogenated alkanes) is 35. The molecule has 1 atom stereocenters. The molecule has 0 heterocycles. The fraction of sp³-hybridized carbons (Fsp3) is 0.836. The van der Waals surface area contributed by atoms with E-state index >= 15 is 0 Å². The summed E-state index contributed by atoms with van der Waals surface area (Å²) in [5.41, 5.74) is 0. The zero-order valence-electron chi connectivity index (χ0n) is 44.5. The lowest BCUT2D eigenvalue weighted by molar-refractivity contribution is -0.163. The first-order valence-electron chi connectivity index (χ1n) is 29.2. The van der Waals surface area contributed by atoms with Crippen molar-refractivity contribution >= 4 is 11.9 Å². The van der Waals surface area contributed by atoms with Crippen molar-refractivity contribution in [3.05, 3.63) is 48.6 Å². The molecule has 0 spiro atoms. The highest BCUT2D eigenvalue weighted by Crippen LogP contribution is 2.16. The molecular formula is C61H112O5. The third-order valence-electron chi connectivity index (χ3n) is 12.8. The van der Waals surface area contributed by atoms with Gasteiger partial charge in [0, 0.05) is 19.4 Å². The first-order valence-corrected chi connectivity index (χ1v) is 29.2. The SMILES string of the molecule is CCCCC/C=C\C/C=C\CCCCCCCCCC(=O)OC[C@@H](COCCCCCCCCCCCCCCCCCC)OC(=O)CCCCCCCCC/C=C\C/C=C\CCCCC. The third-order valence-corrected chi connectivity index (χ3v) is 12.8. The Morgan fingerprint density at radius 3 is 1.03 bits per heavy atom. The second-order valence-electron chi connectivity index (χ2n) is 19.5. The van der Waals surface area contributed by atoms with Crippen molar-refractivity contribution in [2.45, 2.75) is 309 Å². The van der Waals surface area contributed by atoms with Crippen LogP contribution in [-0.4, -0.2) is 37.9 Å². The molecule has 0 amide bonds. The highest BCUT2D eigenvalue weighted by atomic mass is 16.6. The second kappa shape index (κ2) is 57.2. The molecule has 0 bridgehead atoms. The van der Waals surface area contributed by atoms with Gasteiger partial charge in [0.25, 0.3) is 0 Å². The summed E-state index contributed by atoms with van der Waals surface area (Å²) in [5.74, 6) is -0.399. The second-order valence-corrected chi connectivity index (χ2v) is 19.5. The van der Waals surface area contributed by atoms with Gasteiger partial charge < -0.3 is 14.2 Å². The van der Waals surface area contributed by atoms with Crippen LogP contribution in [0.2, 0.25) is 0 Å². The molecule has 0 aromatic heterocycles. The third kappa shape index (κ3) is 54.5. The maximum atomic E-state index is 12.9. The van der Waals surface area contributed by atoms with Gasteiger partial charge >= 0.3 is 11.9 Å². The van der Waals surface area contributed by atoms with Crippen LogP contribution in [0.5, 0.6) is 0 Å². The number of allylic oxidation sites excluding steroid dienone is 8. The topological polar surface area (TPSA) is 61.8 Å². The summed E-state index contributed by atoms with van der Waals surface area (Å²) in [6.45, 7) is 7.82. The Kier molecular flexibility index (Phi) is 55.3. The monoisotopic (exact) mass is 925 g/mol. The number of rotatable bonds is 54. The maximum Gasteiger partial charge on any atom is 0.306 e. The van der Waals surface area contributed by atoms with Crippen LogP contribution < -0.4 is 0 Å². The Morgan fingerprint density at radius 2 is 0.636 bits per heavy atom. The standard InChI is InChI=1S/C61H112O5/c1-4-7-10-13-16-19-22-25-28-31-33-36-39-42-45-48-51-54-60(62)65-58-59(57-64-56-53-50-47-44-41-38-35-30-27-24-21-18-15-12-9-6-3)66-61(63)55-52-49-46-43-40-37-34-32-29-26-23-20-17-14-11-8-5-2/h16-17,19-20,25-26,28-29,59H,4-15,18,21-24,27,30-58H2,1-3H3/b19-16-,20-17-,28-25-,29-26-/t59-/m1/s1. The number of carbonyl (C=O) groups is 2. The van der Waals surface area contributed by atoms with Crippen LogP contribution in [0.25, 0.3) is 0 Å². The molecule has 0 aromatic rings. The average molecular weight is 926 g/mol. The molecule has 0 aliphatic heterocycles. The Morgan fingerprint density at radius 1 is 0.333 bits per heavy atom. The highest BCUT2D eigenvalue weighted by molar-refractivity contribution is 5.70. The van der Waals surface area contributed by atoms with E-state index in [0.717, 1.165) is 57.8 Å². The lowest BCUT2D eigenvalue weighted by Crippen LogP contribution is -2.30. The molecule has 386 valence electrons. The molecule has 0 N–H and O–H groups in total. The van der Waals surface area contributed by atoms with E-state index < -0.39 is 6.10 Å². The van der Waals surface area contributed by atoms with Gasteiger partial charge in [-0.2, -0.15) is 0 Å². The van der Waals surface area contributed by atoms with Crippen molar-refractivity contribution in [2.24, 2.45) is 0 Å². The van der Waals surface area contributed by atoms with E-state index in [1.807, 2.05) is 0 Å². The summed E-state index contributed by atoms with van der Waals surface area (Å²) in [5, 5.41) is 0. The van der Waals surface area contributed by atoms with E-state index in [0.29, 0.717) is 19.4 Å². The fourth-order valence-corrected chi connectivity index (χ4v) is 8.45. The zero-order valence-corrected chi connectivity index (χ0v) is 44.5. The molecule has 0 aliphatic rings. The molecule has 0 aliphatic carbocycles. The van der Waals surface area contributed by atoms with Crippen LogP contribution in [0.15, 0.2) is 48.6 Å². The van der Waals surface area contributed by atoms with Gasteiger partial charge in [-0.25, -0.2) is 0 Å². The predicted octanol–water partition coefficient (Wildman–Crippen LogP) is 19.9. The van der Waals surface area contributed by atoms with Crippen LogP contribution in [-0.2, 0) is 23.8 Å². The fourth-order valence-electron chi connectivity index (χ4n) is 8.45. The van der Waals surface area contributed by atoms with Crippen molar-refractivity contribution < 1.29 is 23.8 Å². The Balaban J connectivity index is 4.27. The first-order chi connectivity index (χ1) is 32.6. The van der Waals surface area contributed by atoms with E-state index in [2.05, 4.69) is 69.4 Å². The first kappa shape index (κ1) is 63.9. The number of hydrogen-bond acceptors (Lipinski definition) is 5. The molecule has 0 saturated heterocycles. The van der Waals surface area contributed by atoms with Crippen molar-refractivity contribution in [1.29, 1.82) is 0 Å². The van der Waals surface area contributed by atoms with E-state index in [1.54, 1.807) is 0 Å². The van der Waals surface area contributed by atoms with Crippen LogP contribution in [0.3, 0.4) is 0 Å². The van der Waals surface area contributed by atoms with Crippen molar-refractivity contribution in [2.75, 3.05) is 19.8 Å². The number of carbonyl (C=O) groups excluding carboxylic acids is 2. The van der Waals surface area contributed by atoms with Crippen molar-refractivity contribution in [1.82, 2.24) is 0 Å². The van der Waals surface area contributed by atoms with Gasteiger partial charge in [-0.3, -0.25) is 9.59 Å². The van der Waals surface area contributed by atoms with E-state index in [4.69, 9.17) is 14.2 Å². The molecule has 0 rings (SSSR count). The lowest BCUT2D eigenvalue weighted by atomic mass is 10.0.